The molecule has 0 amide bonds. The maximum atomic E-state index is 12.2. The van der Waals surface area contributed by atoms with Gasteiger partial charge in [0.15, 0.2) is 0 Å². The molecule has 0 aromatic carbocycles. The van der Waals surface area contributed by atoms with Crippen molar-refractivity contribution in [2.24, 2.45) is 11.3 Å². The van der Waals surface area contributed by atoms with Crippen molar-refractivity contribution in [1.82, 2.24) is 10.2 Å². The highest BCUT2D eigenvalue weighted by atomic mass is 16.5. The first kappa shape index (κ1) is 14.5. The van der Waals surface area contributed by atoms with E-state index in [1.807, 2.05) is 7.05 Å². The minimum atomic E-state index is -0.240. The lowest BCUT2D eigenvalue weighted by atomic mass is 9.78. The van der Waals surface area contributed by atoms with Crippen LogP contribution in [0.3, 0.4) is 0 Å². The summed E-state index contributed by atoms with van der Waals surface area (Å²) in [6, 6.07) is 0.101. The topological polar surface area (TPSA) is 41.6 Å². The molecule has 1 saturated heterocycles. The molecular weight excluding hydrogens is 240 g/mol. The van der Waals surface area contributed by atoms with Gasteiger partial charge in [-0.1, -0.05) is 19.1 Å². The van der Waals surface area contributed by atoms with Gasteiger partial charge < -0.3 is 15.0 Å². The number of nitrogens with zero attached hydrogens (tertiary/aromatic N) is 1. The number of ether oxygens (including phenoxy) is 1. The summed E-state index contributed by atoms with van der Waals surface area (Å²) in [5.41, 5.74) is 1.17. The van der Waals surface area contributed by atoms with Crippen LogP contribution in [0, 0.1) is 11.3 Å². The van der Waals surface area contributed by atoms with Gasteiger partial charge in [0, 0.05) is 17.0 Å². The maximum absolute atomic E-state index is 12.2. The highest BCUT2D eigenvalue weighted by Gasteiger charge is 2.66. The van der Waals surface area contributed by atoms with Crippen molar-refractivity contribution < 1.29 is 9.53 Å². The van der Waals surface area contributed by atoms with E-state index in [0.717, 1.165) is 25.0 Å². The van der Waals surface area contributed by atoms with E-state index >= 15 is 0 Å². The largest absolute Gasteiger partial charge is 0.469 e. The zero-order valence-electron chi connectivity index (χ0n) is 12.7. The number of carbonyl (C=O) groups excluding carboxylic acids is 1. The van der Waals surface area contributed by atoms with Crippen molar-refractivity contribution in [3.8, 4) is 0 Å². The van der Waals surface area contributed by atoms with E-state index < -0.39 is 0 Å². The Morgan fingerprint density at radius 3 is 2.68 bits per heavy atom. The second kappa shape index (κ2) is 4.60. The molecule has 4 unspecified atom stereocenters. The zero-order chi connectivity index (χ0) is 14.4. The van der Waals surface area contributed by atoms with Crippen molar-refractivity contribution in [3.05, 3.63) is 12.2 Å². The van der Waals surface area contributed by atoms with Crippen LogP contribution in [0.5, 0.6) is 0 Å². The molecule has 19 heavy (non-hydrogen) atoms. The van der Waals surface area contributed by atoms with Crippen LogP contribution >= 0.6 is 0 Å². The van der Waals surface area contributed by atoms with Crippen LogP contribution < -0.4 is 5.32 Å². The normalized spacial score (nSPS) is 43.1. The fourth-order valence-electron chi connectivity index (χ4n) is 3.74. The fourth-order valence-corrected chi connectivity index (χ4v) is 3.74. The first-order chi connectivity index (χ1) is 8.81. The third-order valence-corrected chi connectivity index (χ3v) is 5.69. The van der Waals surface area contributed by atoms with Gasteiger partial charge in [0.1, 0.15) is 0 Å². The molecule has 0 aromatic heterocycles. The third-order valence-electron chi connectivity index (χ3n) is 5.69. The Morgan fingerprint density at radius 2 is 2.16 bits per heavy atom. The molecule has 2 rings (SSSR count). The number of nitrogens with one attached hydrogen (secondary N) is 1. The molecule has 0 radical (unpaired) electrons. The number of carbonyl (C=O) groups is 1. The Balaban J connectivity index is 2.36. The molecule has 108 valence electrons. The summed E-state index contributed by atoms with van der Waals surface area (Å²) in [5.74, 6) is -0.403. The molecule has 2 aliphatic rings. The minimum absolute atomic E-state index is 0.0100. The average Bonchev–Trinajstić information content (AvgIpc) is 2.96. The van der Waals surface area contributed by atoms with Crippen molar-refractivity contribution >= 4 is 5.97 Å². The van der Waals surface area contributed by atoms with E-state index in [1.54, 1.807) is 0 Å². The van der Waals surface area contributed by atoms with E-state index in [1.165, 1.54) is 7.11 Å². The maximum Gasteiger partial charge on any atom is 0.314 e. The summed E-state index contributed by atoms with van der Waals surface area (Å²) >= 11 is 0. The smallest absolute Gasteiger partial charge is 0.314 e. The number of methoxy groups -OCH3 is 1. The van der Waals surface area contributed by atoms with E-state index in [-0.39, 0.29) is 28.9 Å². The summed E-state index contributed by atoms with van der Waals surface area (Å²) in [6.45, 7) is 9.75. The highest BCUT2D eigenvalue weighted by Crippen LogP contribution is 2.65. The van der Waals surface area contributed by atoms with Crippen molar-refractivity contribution in [2.75, 3.05) is 27.7 Å². The molecular formula is C15H26N2O2. The number of fused-ring (bicyclic) bond motifs is 1. The van der Waals surface area contributed by atoms with Crippen LogP contribution in [0.25, 0.3) is 0 Å². The Kier molecular flexibility index (Phi) is 3.52. The second-order valence-corrected chi connectivity index (χ2v) is 6.41. The average molecular weight is 266 g/mol. The molecule has 4 heteroatoms. The van der Waals surface area contributed by atoms with Crippen molar-refractivity contribution in [1.29, 1.82) is 0 Å². The van der Waals surface area contributed by atoms with Gasteiger partial charge in [0.2, 0.25) is 0 Å². The standard InChI is InChI=1S/C15H26N2O2/c1-10-12(13(18)19-6)11(16-4)7-8-17(5)15(3)9-14(10,15)2/h11-12,16H,1,7-9H2,2-6H3. The van der Waals surface area contributed by atoms with Gasteiger partial charge in [0.05, 0.1) is 13.0 Å². The Bertz CT molecular complexity index is 409. The quantitative estimate of drug-likeness (QED) is 0.606. The van der Waals surface area contributed by atoms with Crippen LogP contribution in [-0.2, 0) is 9.53 Å². The van der Waals surface area contributed by atoms with Crippen molar-refractivity contribution in [3.63, 3.8) is 0 Å². The van der Waals surface area contributed by atoms with Gasteiger partial charge in [-0.3, -0.25) is 4.79 Å². The van der Waals surface area contributed by atoms with Crippen LogP contribution in [0.15, 0.2) is 12.2 Å². The lowest BCUT2D eigenvalue weighted by molar-refractivity contribution is -0.145. The van der Waals surface area contributed by atoms with Gasteiger partial charge in [-0.25, -0.2) is 0 Å². The lowest BCUT2D eigenvalue weighted by Gasteiger charge is -2.39. The molecule has 1 heterocycles. The van der Waals surface area contributed by atoms with Gasteiger partial charge in [-0.05, 0) is 40.4 Å². The van der Waals surface area contributed by atoms with Gasteiger partial charge in [-0.15, -0.1) is 0 Å². The number of esters is 1. The molecule has 4 nitrogen and oxygen atoms in total. The van der Waals surface area contributed by atoms with Crippen LogP contribution in [-0.4, -0.2) is 50.2 Å². The summed E-state index contributed by atoms with van der Waals surface area (Å²) in [6.07, 6.45) is 2.00. The van der Waals surface area contributed by atoms with Crippen LogP contribution in [0.4, 0.5) is 0 Å². The number of rotatable bonds is 2. The minimum Gasteiger partial charge on any atom is -0.469 e. The molecule has 1 aliphatic carbocycles. The van der Waals surface area contributed by atoms with E-state index in [4.69, 9.17) is 4.74 Å². The molecule has 2 fully saturated rings. The molecule has 0 bridgehead atoms. The van der Waals surface area contributed by atoms with E-state index in [0.29, 0.717) is 0 Å². The molecule has 0 aromatic rings. The molecule has 1 N–H and O–H groups in total. The Morgan fingerprint density at radius 1 is 1.53 bits per heavy atom. The van der Waals surface area contributed by atoms with Gasteiger partial charge in [0.25, 0.3) is 0 Å². The Hall–Kier alpha value is -0.870. The summed E-state index contributed by atoms with van der Waals surface area (Å²) < 4.78 is 5.01. The number of hydrogen-bond acceptors (Lipinski definition) is 4. The second-order valence-electron chi connectivity index (χ2n) is 6.41. The number of hydrogen-bond donors (Lipinski definition) is 1. The SMILES string of the molecule is C=C1C(C(=O)OC)C(NC)CCN(C)C2(C)CC12C. The van der Waals surface area contributed by atoms with Crippen LogP contribution in [0.1, 0.15) is 26.7 Å². The molecule has 1 aliphatic heterocycles. The fraction of sp³-hybridized carbons (Fsp3) is 0.800. The van der Waals surface area contributed by atoms with E-state index in [9.17, 15) is 4.79 Å². The van der Waals surface area contributed by atoms with E-state index in [2.05, 4.69) is 37.7 Å². The first-order valence-corrected chi connectivity index (χ1v) is 6.97. The predicted molar refractivity (Wildman–Crippen MR) is 75.9 cm³/mol. The predicted octanol–water partition coefficient (Wildman–Crippen LogP) is 1.42. The summed E-state index contributed by atoms with van der Waals surface area (Å²) in [4.78, 5) is 14.6. The zero-order valence-corrected chi connectivity index (χ0v) is 12.7. The molecule has 0 spiro atoms. The first-order valence-electron chi connectivity index (χ1n) is 6.97. The number of likely N-dealkylation sites (tertiary alicyclic amines) is 1. The van der Waals surface area contributed by atoms with Gasteiger partial charge >= 0.3 is 5.97 Å². The summed E-state index contributed by atoms with van der Waals surface area (Å²) in [7, 11) is 5.54. The van der Waals surface area contributed by atoms with Gasteiger partial charge in [-0.2, -0.15) is 0 Å². The molecule has 1 saturated carbocycles. The third kappa shape index (κ3) is 1.93. The van der Waals surface area contributed by atoms with Crippen LogP contribution in [0.2, 0.25) is 0 Å². The molecule has 4 atom stereocenters. The summed E-state index contributed by atoms with van der Waals surface area (Å²) in [5, 5.41) is 3.27. The Labute approximate surface area is 116 Å². The van der Waals surface area contributed by atoms with Crippen molar-refractivity contribution in [2.45, 2.75) is 38.3 Å². The highest BCUT2D eigenvalue weighted by molar-refractivity contribution is 5.77. The monoisotopic (exact) mass is 266 g/mol. The lowest BCUT2D eigenvalue weighted by Crippen LogP contribution is -2.49.